The highest BCUT2D eigenvalue weighted by Gasteiger charge is 2.42. The summed E-state index contributed by atoms with van der Waals surface area (Å²) in [5.74, 6) is 1.86. The van der Waals surface area contributed by atoms with Crippen LogP contribution in [0, 0.1) is 0 Å². The van der Waals surface area contributed by atoms with Crippen molar-refractivity contribution in [3.8, 4) is 0 Å². The summed E-state index contributed by atoms with van der Waals surface area (Å²) in [6.45, 7) is 6.76. The minimum absolute atomic E-state index is 0. The Bertz CT molecular complexity index is 3220. The first-order chi connectivity index (χ1) is 65.6. The molecule has 0 bridgehead atoms. The Hall–Kier alpha value is 0.110. The Balaban J connectivity index is -0.000000294. The molecule has 11 N–H and O–H groups in total. The van der Waals surface area contributed by atoms with E-state index >= 15 is 0 Å². The van der Waals surface area contributed by atoms with E-state index in [1.807, 2.05) is 11.8 Å². The third kappa shape index (κ3) is 109. The summed E-state index contributed by atoms with van der Waals surface area (Å²) in [5.41, 5.74) is 5.29. The van der Waals surface area contributed by atoms with Crippen molar-refractivity contribution in [2.24, 2.45) is 5.73 Å². The Labute approximate surface area is 836 Å². The number of hydrogen-bond donors (Lipinski definition) is 11. The van der Waals surface area contributed by atoms with Crippen molar-refractivity contribution < 1.29 is 236 Å². The van der Waals surface area contributed by atoms with E-state index in [2.05, 4.69) is 95.6 Å². The summed E-state index contributed by atoms with van der Waals surface area (Å²) in [4.78, 5) is 126. The van der Waals surface area contributed by atoms with Gasteiger partial charge in [0.15, 0.2) is 0 Å². The van der Waals surface area contributed by atoms with Gasteiger partial charge in [0, 0.05) is 114 Å². The van der Waals surface area contributed by atoms with Gasteiger partial charge in [-0.3, -0.25) is 45.9 Å². The van der Waals surface area contributed by atoms with Crippen LogP contribution in [0.5, 0.6) is 0 Å². The fourth-order valence-corrected chi connectivity index (χ4v) is 16.0. The molecule has 0 aliphatic carbocycles. The first-order valence-electron chi connectivity index (χ1n) is 45.1. The number of phosphoric acid groups is 9. The topological polar surface area (TPSA) is 799 Å². The van der Waals surface area contributed by atoms with E-state index in [0.717, 1.165) is 192 Å². The molecule has 3 fully saturated rings. The maximum Gasteiger partial charge on any atom is 0.315 e. The number of carbonyl (C=O) groups is 2. The van der Waals surface area contributed by atoms with Crippen LogP contribution in [0.4, 0.5) is 4.79 Å². The number of rotatable bonds is 80. The molecule has 3 aliphatic heterocycles. The number of carbonyl (C=O) groups excluding carboxylic acids is 2. The van der Waals surface area contributed by atoms with Crippen molar-refractivity contribution in [3.05, 3.63) is 0 Å². The molecule has 0 radical (unpaired) electrons. The van der Waals surface area contributed by atoms with Gasteiger partial charge >= 0.3 is 6.03 Å². The molecule has 14 unspecified atom stereocenters. The zero-order valence-corrected chi connectivity index (χ0v) is 91.5. The van der Waals surface area contributed by atoms with E-state index in [1.165, 1.54) is 32.1 Å². The molecular weight excluding hydrogens is 2100 g/mol. The van der Waals surface area contributed by atoms with Gasteiger partial charge in [-0.1, -0.05) is 110 Å². The highest BCUT2D eigenvalue weighted by molar-refractivity contribution is 8.00. The lowest BCUT2D eigenvalue weighted by Gasteiger charge is -2.26. The van der Waals surface area contributed by atoms with E-state index in [9.17, 15) is 99.8 Å². The zero-order valence-electron chi connectivity index (χ0n) is 81.8. The van der Waals surface area contributed by atoms with Crippen molar-refractivity contribution in [3.63, 3.8) is 0 Å². The van der Waals surface area contributed by atoms with Gasteiger partial charge in [0.25, 0.3) is 70.4 Å². The number of unbranched alkanes of at least 4 members (excludes halogenated alkanes) is 19. The third-order valence-corrected chi connectivity index (χ3v) is 27.8. The first kappa shape index (κ1) is 153. The molecule has 53 nitrogen and oxygen atoms in total. The largest absolute Gasteiger partial charge is 0.756 e. The van der Waals surface area contributed by atoms with Crippen molar-refractivity contribution in [1.29, 1.82) is 0 Å². The van der Waals surface area contributed by atoms with Gasteiger partial charge in [-0.05, 0) is 96.3 Å². The third-order valence-electron chi connectivity index (χ3n) is 17.9. The average Bonchev–Trinajstić information content (AvgIpc) is 1.66. The summed E-state index contributed by atoms with van der Waals surface area (Å²) in [6, 6.07) is 0.419. The van der Waals surface area contributed by atoms with Crippen LogP contribution in [0.25, 0.3) is 0 Å². The molecule has 3 aliphatic rings. The van der Waals surface area contributed by atoms with Gasteiger partial charge < -0.3 is 201 Å². The number of amides is 2. The van der Waals surface area contributed by atoms with Crippen LogP contribution in [0.3, 0.4) is 0 Å². The van der Waals surface area contributed by atoms with Gasteiger partial charge in [0.2, 0.25) is 0 Å². The van der Waals surface area contributed by atoms with Crippen molar-refractivity contribution in [1.82, 2.24) is 10.6 Å². The molecule has 3 saturated heterocycles. The predicted octanol–water partition coefficient (Wildman–Crippen LogP) is 4.95. The van der Waals surface area contributed by atoms with Gasteiger partial charge in [-0.15, -0.1) is 0 Å². The Morgan fingerprint density at radius 1 is 0.421 bits per heavy atom. The number of ether oxygens (including phenoxy) is 6. The second-order valence-corrected chi connectivity index (χ2v) is 44.2. The lowest BCUT2D eigenvalue weighted by Crippen LogP contribution is -2.36. The molecule has 3 heterocycles. The smallest absolute Gasteiger partial charge is 0.315 e. The number of hydrogen-bond acceptors (Lipinski definition) is 52. The molecule has 64 heteroatoms. The molecule has 850 valence electrons. The number of ketones is 1. The maximum atomic E-state index is 12.0. The molecular formula is C76H165N3O50P9S2-9. The lowest BCUT2D eigenvalue weighted by atomic mass is 10.0. The predicted molar refractivity (Wildman–Crippen MR) is 503 cm³/mol. The van der Waals surface area contributed by atoms with E-state index < -0.39 is 88.7 Å². The zero-order chi connectivity index (χ0) is 107. The molecule has 3 rings (SSSR count). The number of aliphatic hydroxyl groups is 6. The van der Waals surface area contributed by atoms with Crippen LogP contribution in [0.2, 0.25) is 0 Å². The molecule has 16 atom stereocenters. The fourth-order valence-electron chi connectivity index (χ4n) is 10.6. The summed E-state index contributed by atoms with van der Waals surface area (Å²) < 4.78 is 199. The Morgan fingerprint density at radius 2 is 0.743 bits per heavy atom. The number of thioether (sulfide) groups is 1. The van der Waals surface area contributed by atoms with Crippen molar-refractivity contribution in [2.75, 3.05) is 227 Å². The molecule has 140 heavy (non-hydrogen) atoms. The molecule has 0 aromatic heterocycles. The summed E-state index contributed by atoms with van der Waals surface area (Å²) in [6.07, 6.45) is 24.9. The van der Waals surface area contributed by atoms with Crippen molar-refractivity contribution >= 4 is 107 Å². The monoisotopic (exact) mass is 2260 g/mol. The number of fused-ring (bicyclic) bond motifs is 1. The van der Waals surface area contributed by atoms with E-state index in [0.29, 0.717) is 128 Å². The number of aliphatic hydroxyl groups excluding tert-OH is 6. The number of phosphoric ester groups is 9. The first-order valence-corrected chi connectivity index (χ1v) is 60.0. The maximum absolute atomic E-state index is 12.0. The summed E-state index contributed by atoms with van der Waals surface area (Å²) >= 11 is 5.77. The molecule has 0 aromatic rings. The number of thiol groups is 1. The van der Waals surface area contributed by atoms with Crippen LogP contribution in [-0.2, 0) is 151 Å². The SMILES string of the molecule is C.COP(=O)([O-])O.COP(=O)([O-])OC1C[C@H](C)O[C@@H]1CO.COP(=O)([O-])OCC(O)CCCCCCC(=O)CCCCC1SCC2NC(=O)NC21.COP(=O)([O-])OCCCCCCCCCCCCO.COP(=O)([O-])OCCCCCCN.COP(=O)([O-])OCCCCCCO.COP(=O)([O-])OCCCO.COP(=O)([O-])OCCCS.COP(=O)([O-])OCCOCCOCCOCCOCCOCCO. The quantitative estimate of drug-likeness (QED) is 0.0166. The number of nitrogens with two attached hydrogens (primary N) is 1. The number of nitrogens with one attached hydrogen (secondary N) is 2. The Morgan fingerprint density at radius 3 is 1.10 bits per heavy atom. The lowest BCUT2D eigenvalue weighted by molar-refractivity contribution is -0.229. The normalized spacial score (nSPS) is 19.8. The van der Waals surface area contributed by atoms with Crippen molar-refractivity contribution in [2.45, 2.75) is 255 Å². The summed E-state index contributed by atoms with van der Waals surface area (Å²) in [5, 5.41) is 58.7. The minimum atomic E-state index is -4.40. The fraction of sp³-hybridized carbons (Fsp3) is 0.974. The average molecular weight is 2260 g/mol. The van der Waals surface area contributed by atoms with E-state index in [-0.39, 0.29) is 117 Å². The Kier molecular flexibility index (Phi) is 109. The van der Waals surface area contributed by atoms with Crippen LogP contribution in [0.15, 0.2) is 0 Å². The number of Topliss-reactive ketones (excluding diaryl/α,β-unsaturated/α-hetero) is 1. The van der Waals surface area contributed by atoms with Gasteiger partial charge in [0.05, 0.1) is 156 Å². The highest BCUT2D eigenvalue weighted by Crippen LogP contribution is 2.44. The second-order valence-electron chi connectivity index (χ2n) is 29.1. The van der Waals surface area contributed by atoms with Crippen LogP contribution in [-0.4, -0.2) is 316 Å². The summed E-state index contributed by atoms with van der Waals surface area (Å²) in [7, 11) is -27.9. The number of urea groups is 1. The molecule has 0 saturated carbocycles. The van der Waals surface area contributed by atoms with E-state index in [1.54, 1.807) is 6.92 Å². The van der Waals surface area contributed by atoms with Gasteiger partial charge in [-0.25, -0.2) is 4.79 Å². The standard InChI is InChI=1S/C19H35N2O7PS.C13H29O10P.C13H29O5P.C7H18NO4P.C7H15O6P.C7H17O5P.C4H11O5P.C4H11O4PS.CH5O4P.CH4/c1-27-29(25,26)28-12-15(23)10-5-3-2-4-8-14(22)9-6-7-11-17-18-16(13-30-17)20-19(24)21-18;1-17-24(15,16)23-13-12-22-11-10-21-9-8-20-7-6-19-5-4-18-3-2-14;1-17-19(15,16)18-13-11-9-7-5-3-2-4-6-8-10-12-14;1-11-13(9,10)12-7-5-3-2-4-6-8;1-5-3-6(7(4-8)12-5)13-14(9,10)11-2;1-11-13(9,10)12-7-5-3-2-4-6-8;1-8-10(6,7)9-4-2-3-5;1-7-9(5,6)8-3-2-4-10;1-5-6(2,3)4;/h15-18,23H,2-13H2,1H3,(H,25,26)(H2,20,21,24);14H,2-13H2,1H3,(H,15,16);14H,2-13H2,1H3,(H,15,16);2-8H2,1H3,(H,9,10);5-8H,3-4H2,1-2H3,(H,9,10);8H,2-7H2,1H3,(H,9,10);5H,2-4H2,1H3,(H,6,7);10H,2-4H2,1H3,(H,5,6);1H3,(H2,2,3,4);1H4/p-9/t;;;;5-,6?,7+;;;;;/m....0...../s1. The van der Waals surface area contributed by atoms with Crippen LogP contribution < -0.4 is 60.4 Å². The van der Waals surface area contributed by atoms with E-state index in [4.69, 9.17) is 69.1 Å². The molecule has 2 amide bonds. The molecule has 0 spiro atoms. The minimum Gasteiger partial charge on any atom is -0.756 e. The highest BCUT2D eigenvalue weighted by atomic mass is 32.2. The molecule has 0 aromatic carbocycles. The van der Waals surface area contributed by atoms with Gasteiger partial charge in [-0.2, -0.15) is 24.4 Å². The van der Waals surface area contributed by atoms with Crippen LogP contribution in [0.1, 0.15) is 213 Å². The van der Waals surface area contributed by atoms with Crippen LogP contribution >= 0.6 is 94.8 Å². The second kappa shape index (κ2) is 99.7. The van der Waals surface area contributed by atoms with Gasteiger partial charge in [0.1, 0.15) is 11.9 Å².